The molecule has 1 atom stereocenters. The average Bonchev–Trinajstić information content (AvgIpc) is 2.90. The summed E-state index contributed by atoms with van der Waals surface area (Å²) >= 11 is 0. The molecule has 110 valence electrons. The summed E-state index contributed by atoms with van der Waals surface area (Å²) in [5.41, 5.74) is 2.18. The van der Waals surface area contributed by atoms with E-state index in [1.165, 1.54) is 11.9 Å². The maximum Gasteiger partial charge on any atom is 0.326 e. The lowest BCUT2D eigenvalue weighted by Gasteiger charge is -2.25. The summed E-state index contributed by atoms with van der Waals surface area (Å²) in [6.45, 7) is 1.81. The van der Waals surface area contributed by atoms with Gasteiger partial charge in [-0.25, -0.2) is 4.79 Å². The van der Waals surface area contributed by atoms with Gasteiger partial charge in [0.15, 0.2) is 0 Å². The topological polar surface area (TPSA) is 73.4 Å². The van der Waals surface area contributed by atoms with Crippen molar-refractivity contribution >= 4 is 11.9 Å². The molecule has 1 aromatic heterocycles. The lowest BCUT2D eigenvalue weighted by atomic mass is 10.0. The molecule has 0 aliphatic heterocycles. The Morgan fingerprint density at radius 3 is 2.43 bits per heavy atom. The SMILES string of the molecule is Cc1c[nH]cc1C(=O)N(C)C(Cc1ccccc1)C(=O)O. The Kier molecular flexibility index (Phi) is 4.42. The molecule has 1 aromatic carbocycles. The molecule has 1 amide bonds. The highest BCUT2D eigenvalue weighted by atomic mass is 16.4. The second kappa shape index (κ2) is 6.26. The molecule has 2 aromatic rings. The van der Waals surface area contributed by atoms with Crippen LogP contribution in [-0.4, -0.2) is 40.0 Å². The van der Waals surface area contributed by atoms with Crippen molar-refractivity contribution in [3.8, 4) is 0 Å². The van der Waals surface area contributed by atoms with Gasteiger partial charge < -0.3 is 15.0 Å². The zero-order valence-electron chi connectivity index (χ0n) is 12.0. The molecule has 5 nitrogen and oxygen atoms in total. The van der Waals surface area contributed by atoms with Gasteiger partial charge in [-0.15, -0.1) is 0 Å². The number of rotatable bonds is 5. The molecule has 21 heavy (non-hydrogen) atoms. The number of carboxylic acid groups (broad SMARTS) is 1. The van der Waals surface area contributed by atoms with Crippen LogP contribution in [0.1, 0.15) is 21.5 Å². The van der Waals surface area contributed by atoms with Crippen LogP contribution in [-0.2, 0) is 11.2 Å². The molecular weight excluding hydrogens is 268 g/mol. The van der Waals surface area contributed by atoms with E-state index in [9.17, 15) is 14.7 Å². The number of benzene rings is 1. The Balaban J connectivity index is 2.20. The fourth-order valence-corrected chi connectivity index (χ4v) is 2.23. The average molecular weight is 286 g/mol. The van der Waals surface area contributed by atoms with Crippen molar-refractivity contribution in [2.45, 2.75) is 19.4 Å². The Morgan fingerprint density at radius 1 is 1.24 bits per heavy atom. The molecule has 0 aliphatic rings. The predicted molar refractivity (Wildman–Crippen MR) is 79.2 cm³/mol. The summed E-state index contributed by atoms with van der Waals surface area (Å²) in [6.07, 6.45) is 3.59. The second-order valence-corrected chi connectivity index (χ2v) is 5.01. The minimum absolute atomic E-state index is 0.280. The Hall–Kier alpha value is -2.56. The first-order valence-corrected chi connectivity index (χ1v) is 6.68. The molecule has 1 unspecified atom stereocenters. The van der Waals surface area contributed by atoms with Crippen LogP contribution in [0.15, 0.2) is 42.7 Å². The first-order chi connectivity index (χ1) is 10.0. The number of hydrogen-bond acceptors (Lipinski definition) is 2. The van der Waals surface area contributed by atoms with Gasteiger partial charge in [-0.2, -0.15) is 0 Å². The van der Waals surface area contributed by atoms with Crippen LogP contribution in [0.5, 0.6) is 0 Å². The predicted octanol–water partition coefficient (Wildman–Crippen LogP) is 2.09. The number of hydrogen-bond donors (Lipinski definition) is 2. The van der Waals surface area contributed by atoms with Crippen molar-refractivity contribution in [1.82, 2.24) is 9.88 Å². The highest BCUT2D eigenvalue weighted by Gasteiger charge is 2.28. The minimum Gasteiger partial charge on any atom is -0.480 e. The van der Waals surface area contributed by atoms with Crippen LogP contribution in [0.4, 0.5) is 0 Å². The van der Waals surface area contributed by atoms with Crippen LogP contribution in [0, 0.1) is 6.92 Å². The zero-order valence-corrected chi connectivity index (χ0v) is 12.0. The van der Waals surface area contributed by atoms with E-state index in [0.29, 0.717) is 5.56 Å². The molecule has 0 fully saturated rings. The van der Waals surface area contributed by atoms with Crippen molar-refractivity contribution in [1.29, 1.82) is 0 Å². The Bertz CT molecular complexity index is 634. The monoisotopic (exact) mass is 286 g/mol. The van der Waals surface area contributed by atoms with E-state index < -0.39 is 12.0 Å². The zero-order chi connectivity index (χ0) is 15.4. The molecule has 0 saturated carbocycles. The molecule has 0 radical (unpaired) electrons. The van der Waals surface area contributed by atoms with E-state index in [0.717, 1.165) is 11.1 Å². The molecule has 1 heterocycles. The number of amides is 1. The van der Waals surface area contributed by atoms with Crippen LogP contribution in [0.3, 0.4) is 0 Å². The normalized spacial score (nSPS) is 11.9. The molecule has 0 spiro atoms. The van der Waals surface area contributed by atoms with E-state index in [2.05, 4.69) is 4.98 Å². The lowest BCUT2D eigenvalue weighted by molar-refractivity contribution is -0.141. The Morgan fingerprint density at radius 2 is 1.90 bits per heavy atom. The van der Waals surface area contributed by atoms with Crippen LogP contribution in [0.25, 0.3) is 0 Å². The number of aromatic amines is 1. The third kappa shape index (κ3) is 3.31. The third-order valence-corrected chi connectivity index (χ3v) is 3.53. The van der Waals surface area contributed by atoms with Gasteiger partial charge in [0, 0.05) is 25.9 Å². The minimum atomic E-state index is -1.01. The number of likely N-dealkylation sites (N-methyl/N-ethyl adjacent to an activating group) is 1. The summed E-state index contributed by atoms with van der Waals surface area (Å²) < 4.78 is 0. The first-order valence-electron chi connectivity index (χ1n) is 6.68. The number of aryl methyl sites for hydroxylation is 1. The highest BCUT2D eigenvalue weighted by molar-refractivity contribution is 5.97. The standard InChI is InChI=1S/C16H18N2O3/c1-11-9-17-10-13(11)15(19)18(2)14(16(20)21)8-12-6-4-3-5-7-12/h3-7,9-10,14,17H,8H2,1-2H3,(H,20,21). The van der Waals surface area contributed by atoms with Crippen molar-refractivity contribution in [3.63, 3.8) is 0 Å². The number of nitrogens with one attached hydrogen (secondary N) is 1. The van der Waals surface area contributed by atoms with Gasteiger partial charge in [0.1, 0.15) is 6.04 Å². The number of aliphatic carboxylic acids is 1. The van der Waals surface area contributed by atoms with Crippen molar-refractivity contribution in [3.05, 3.63) is 59.4 Å². The van der Waals surface area contributed by atoms with Crippen LogP contribution < -0.4 is 0 Å². The molecule has 0 bridgehead atoms. The van der Waals surface area contributed by atoms with E-state index in [1.807, 2.05) is 37.3 Å². The number of carboxylic acids is 1. The molecule has 5 heteroatoms. The van der Waals surface area contributed by atoms with Gasteiger partial charge in [-0.05, 0) is 18.1 Å². The maximum atomic E-state index is 12.4. The summed E-state index contributed by atoms with van der Waals surface area (Å²) in [7, 11) is 1.52. The second-order valence-electron chi connectivity index (χ2n) is 5.01. The molecule has 0 saturated heterocycles. The molecule has 0 aliphatic carbocycles. The summed E-state index contributed by atoms with van der Waals surface area (Å²) in [6, 6.07) is 8.40. The quantitative estimate of drug-likeness (QED) is 0.884. The van der Waals surface area contributed by atoms with E-state index in [1.54, 1.807) is 12.4 Å². The van der Waals surface area contributed by atoms with Gasteiger partial charge in [0.2, 0.25) is 0 Å². The van der Waals surface area contributed by atoms with Gasteiger partial charge in [-0.3, -0.25) is 4.79 Å². The number of carbonyl (C=O) groups excluding carboxylic acids is 1. The van der Waals surface area contributed by atoms with Gasteiger partial charge >= 0.3 is 5.97 Å². The fraction of sp³-hybridized carbons (Fsp3) is 0.250. The first kappa shape index (κ1) is 14.8. The maximum absolute atomic E-state index is 12.4. The van der Waals surface area contributed by atoms with E-state index in [-0.39, 0.29) is 12.3 Å². The van der Waals surface area contributed by atoms with Gasteiger partial charge in [-0.1, -0.05) is 30.3 Å². The lowest BCUT2D eigenvalue weighted by Crippen LogP contribution is -2.43. The van der Waals surface area contributed by atoms with Gasteiger partial charge in [0.25, 0.3) is 5.91 Å². The number of aromatic nitrogens is 1. The van der Waals surface area contributed by atoms with E-state index >= 15 is 0 Å². The van der Waals surface area contributed by atoms with Crippen molar-refractivity contribution < 1.29 is 14.7 Å². The number of nitrogens with zero attached hydrogens (tertiary/aromatic N) is 1. The summed E-state index contributed by atoms with van der Waals surface area (Å²) in [4.78, 5) is 28.0. The third-order valence-electron chi connectivity index (χ3n) is 3.53. The highest BCUT2D eigenvalue weighted by Crippen LogP contribution is 2.14. The van der Waals surface area contributed by atoms with Crippen LogP contribution >= 0.6 is 0 Å². The Labute approximate surface area is 123 Å². The van der Waals surface area contributed by atoms with Gasteiger partial charge in [0.05, 0.1) is 5.56 Å². The van der Waals surface area contributed by atoms with Crippen molar-refractivity contribution in [2.24, 2.45) is 0 Å². The van der Waals surface area contributed by atoms with Crippen molar-refractivity contribution in [2.75, 3.05) is 7.05 Å². The largest absolute Gasteiger partial charge is 0.480 e. The molecule has 2 rings (SSSR count). The smallest absolute Gasteiger partial charge is 0.326 e. The van der Waals surface area contributed by atoms with E-state index in [4.69, 9.17) is 0 Å². The van der Waals surface area contributed by atoms with Crippen LogP contribution in [0.2, 0.25) is 0 Å². The number of carbonyl (C=O) groups is 2. The number of H-pyrrole nitrogens is 1. The molecule has 2 N–H and O–H groups in total. The molecular formula is C16H18N2O3. The fourth-order valence-electron chi connectivity index (χ4n) is 2.23. The summed E-state index contributed by atoms with van der Waals surface area (Å²) in [5.74, 6) is -1.31. The summed E-state index contributed by atoms with van der Waals surface area (Å²) in [5, 5.41) is 9.42.